The van der Waals surface area contributed by atoms with Gasteiger partial charge in [0.25, 0.3) is 0 Å². The van der Waals surface area contributed by atoms with Gasteiger partial charge in [-0.05, 0) is 19.4 Å². The zero-order valence-corrected chi connectivity index (χ0v) is 14.2. The Kier molecular flexibility index (Phi) is 4.80. The SMILES string of the molecule is CCn1ccnc1[C@@H]1OCC[C@H]1C(=O)N(C)c1ccc(OC)nc1. The summed E-state index contributed by atoms with van der Waals surface area (Å²) in [4.78, 5) is 23.1. The largest absolute Gasteiger partial charge is 0.481 e. The molecule has 2 atom stereocenters. The molecule has 0 saturated carbocycles. The van der Waals surface area contributed by atoms with Crippen LogP contribution in [0.2, 0.25) is 0 Å². The third-order valence-corrected chi connectivity index (χ3v) is 4.40. The van der Waals surface area contributed by atoms with Gasteiger partial charge in [-0.2, -0.15) is 0 Å². The van der Waals surface area contributed by atoms with Gasteiger partial charge >= 0.3 is 0 Å². The minimum atomic E-state index is -0.305. The molecule has 128 valence electrons. The summed E-state index contributed by atoms with van der Waals surface area (Å²) in [7, 11) is 3.32. The quantitative estimate of drug-likeness (QED) is 0.839. The van der Waals surface area contributed by atoms with E-state index in [1.165, 1.54) is 0 Å². The van der Waals surface area contributed by atoms with Crippen LogP contribution in [0.3, 0.4) is 0 Å². The van der Waals surface area contributed by atoms with Gasteiger partial charge in [0.05, 0.1) is 24.9 Å². The molecule has 1 aliphatic heterocycles. The van der Waals surface area contributed by atoms with Crippen LogP contribution in [0, 0.1) is 5.92 Å². The lowest BCUT2D eigenvalue weighted by Gasteiger charge is -2.24. The number of pyridine rings is 1. The molecule has 1 aliphatic rings. The smallest absolute Gasteiger partial charge is 0.233 e. The lowest BCUT2D eigenvalue weighted by atomic mass is 9.99. The first-order chi connectivity index (χ1) is 11.7. The number of anilines is 1. The predicted molar refractivity (Wildman–Crippen MR) is 88.9 cm³/mol. The normalized spacial score (nSPS) is 20.1. The molecule has 1 amide bonds. The number of imidazole rings is 1. The molecule has 0 aromatic carbocycles. The van der Waals surface area contributed by atoms with Crippen molar-refractivity contribution in [1.29, 1.82) is 0 Å². The number of carbonyl (C=O) groups excluding carboxylic acids is 1. The third-order valence-electron chi connectivity index (χ3n) is 4.40. The number of aromatic nitrogens is 3. The lowest BCUT2D eigenvalue weighted by Crippen LogP contribution is -2.35. The molecule has 0 N–H and O–H groups in total. The molecule has 7 heteroatoms. The van der Waals surface area contributed by atoms with E-state index in [9.17, 15) is 4.79 Å². The zero-order chi connectivity index (χ0) is 17.1. The van der Waals surface area contributed by atoms with Gasteiger partial charge < -0.3 is 18.9 Å². The van der Waals surface area contributed by atoms with Crippen LogP contribution in [0.1, 0.15) is 25.3 Å². The second kappa shape index (κ2) is 7.00. The molecule has 3 rings (SSSR count). The minimum absolute atomic E-state index is 0.00937. The van der Waals surface area contributed by atoms with E-state index in [1.807, 2.05) is 23.8 Å². The van der Waals surface area contributed by atoms with E-state index in [1.54, 1.807) is 37.5 Å². The van der Waals surface area contributed by atoms with Crippen LogP contribution in [-0.4, -0.2) is 41.2 Å². The van der Waals surface area contributed by atoms with Crippen LogP contribution in [0.5, 0.6) is 5.88 Å². The fraction of sp³-hybridized carbons (Fsp3) is 0.471. The summed E-state index contributed by atoms with van der Waals surface area (Å²) in [6.07, 6.45) is 5.68. The Labute approximate surface area is 141 Å². The molecule has 2 aromatic rings. The van der Waals surface area contributed by atoms with Crippen molar-refractivity contribution in [3.05, 3.63) is 36.5 Å². The molecule has 0 radical (unpaired) electrons. The van der Waals surface area contributed by atoms with E-state index in [0.717, 1.165) is 18.1 Å². The van der Waals surface area contributed by atoms with Crippen LogP contribution < -0.4 is 9.64 Å². The number of aryl methyl sites for hydroxylation is 1. The van der Waals surface area contributed by atoms with Gasteiger partial charge in [-0.25, -0.2) is 9.97 Å². The maximum atomic E-state index is 13.0. The molecular formula is C17H22N4O3. The lowest BCUT2D eigenvalue weighted by molar-refractivity contribution is -0.124. The molecule has 24 heavy (non-hydrogen) atoms. The fourth-order valence-corrected chi connectivity index (χ4v) is 3.01. The average Bonchev–Trinajstić information content (AvgIpc) is 3.28. The van der Waals surface area contributed by atoms with Crippen LogP contribution in [0.25, 0.3) is 0 Å². The summed E-state index contributed by atoms with van der Waals surface area (Å²) >= 11 is 0. The molecule has 0 bridgehead atoms. The van der Waals surface area contributed by atoms with Crippen molar-refractivity contribution in [2.45, 2.75) is 26.0 Å². The maximum absolute atomic E-state index is 13.0. The summed E-state index contributed by atoms with van der Waals surface area (Å²) in [6, 6.07) is 3.56. The van der Waals surface area contributed by atoms with E-state index in [2.05, 4.69) is 9.97 Å². The standard InChI is InChI=1S/C17H22N4O3/c1-4-21-9-8-18-16(21)15-13(7-10-24-15)17(22)20(2)12-5-6-14(23-3)19-11-12/h5-6,8-9,11,13,15H,4,7,10H2,1-3H3/t13-,15-/m1/s1. The van der Waals surface area contributed by atoms with Crippen molar-refractivity contribution in [2.75, 3.05) is 25.7 Å². The third kappa shape index (κ3) is 2.99. The molecule has 1 saturated heterocycles. The van der Waals surface area contributed by atoms with Gasteiger partial charge in [-0.1, -0.05) is 0 Å². The van der Waals surface area contributed by atoms with Gasteiger partial charge in [0.15, 0.2) is 0 Å². The minimum Gasteiger partial charge on any atom is -0.481 e. The van der Waals surface area contributed by atoms with E-state index in [-0.39, 0.29) is 17.9 Å². The Hall–Kier alpha value is -2.41. The van der Waals surface area contributed by atoms with Crippen LogP contribution >= 0.6 is 0 Å². The maximum Gasteiger partial charge on any atom is 0.233 e. The van der Waals surface area contributed by atoms with Gasteiger partial charge in [0.2, 0.25) is 11.8 Å². The van der Waals surface area contributed by atoms with Crippen molar-refractivity contribution in [2.24, 2.45) is 5.92 Å². The molecule has 1 fully saturated rings. The Bertz CT molecular complexity index is 698. The summed E-state index contributed by atoms with van der Waals surface area (Å²) < 4.78 is 12.9. The molecule has 7 nitrogen and oxygen atoms in total. The molecular weight excluding hydrogens is 308 g/mol. The van der Waals surface area contributed by atoms with E-state index >= 15 is 0 Å². The highest BCUT2D eigenvalue weighted by Gasteiger charge is 2.39. The number of ether oxygens (including phenoxy) is 2. The highest BCUT2D eigenvalue weighted by molar-refractivity contribution is 5.95. The Morgan fingerprint density at radius 2 is 2.29 bits per heavy atom. The van der Waals surface area contributed by atoms with Crippen molar-refractivity contribution in [1.82, 2.24) is 14.5 Å². The number of carbonyl (C=O) groups is 1. The van der Waals surface area contributed by atoms with Crippen LogP contribution in [0.4, 0.5) is 5.69 Å². The first-order valence-corrected chi connectivity index (χ1v) is 8.06. The van der Waals surface area contributed by atoms with E-state index < -0.39 is 0 Å². The highest BCUT2D eigenvalue weighted by atomic mass is 16.5. The van der Waals surface area contributed by atoms with E-state index in [0.29, 0.717) is 18.9 Å². The van der Waals surface area contributed by atoms with Crippen LogP contribution in [-0.2, 0) is 16.1 Å². The Morgan fingerprint density at radius 1 is 1.46 bits per heavy atom. The summed E-state index contributed by atoms with van der Waals surface area (Å²) in [5, 5.41) is 0. The van der Waals surface area contributed by atoms with Gasteiger partial charge in [-0.15, -0.1) is 0 Å². The first-order valence-electron chi connectivity index (χ1n) is 8.06. The van der Waals surface area contributed by atoms with Crippen LogP contribution in [0.15, 0.2) is 30.7 Å². The second-order valence-corrected chi connectivity index (χ2v) is 5.71. The summed E-state index contributed by atoms with van der Waals surface area (Å²) in [5.41, 5.74) is 0.727. The molecule has 0 spiro atoms. The molecule has 0 aliphatic carbocycles. The molecule has 3 heterocycles. The van der Waals surface area contributed by atoms with Crippen molar-refractivity contribution >= 4 is 11.6 Å². The van der Waals surface area contributed by atoms with Crippen molar-refractivity contribution < 1.29 is 14.3 Å². The Morgan fingerprint density at radius 3 is 2.96 bits per heavy atom. The average molecular weight is 330 g/mol. The van der Waals surface area contributed by atoms with Gasteiger partial charge in [0.1, 0.15) is 11.9 Å². The number of amides is 1. The topological polar surface area (TPSA) is 69.5 Å². The highest BCUT2D eigenvalue weighted by Crippen LogP contribution is 2.35. The van der Waals surface area contributed by atoms with Gasteiger partial charge in [0, 0.05) is 38.7 Å². The predicted octanol–water partition coefficient (Wildman–Crippen LogP) is 2.05. The summed E-state index contributed by atoms with van der Waals surface area (Å²) in [5.74, 6) is 1.10. The molecule has 0 unspecified atom stereocenters. The van der Waals surface area contributed by atoms with E-state index in [4.69, 9.17) is 9.47 Å². The number of methoxy groups -OCH3 is 1. The zero-order valence-electron chi connectivity index (χ0n) is 14.2. The number of rotatable bonds is 5. The number of hydrogen-bond donors (Lipinski definition) is 0. The van der Waals surface area contributed by atoms with Gasteiger partial charge in [-0.3, -0.25) is 4.79 Å². The summed E-state index contributed by atoms with van der Waals surface area (Å²) in [6.45, 7) is 3.41. The monoisotopic (exact) mass is 330 g/mol. The first kappa shape index (κ1) is 16.4. The fourth-order valence-electron chi connectivity index (χ4n) is 3.01. The molecule has 2 aromatic heterocycles. The Balaban J connectivity index is 1.79. The van der Waals surface area contributed by atoms with Crippen molar-refractivity contribution in [3.63, 3.8) is 0 Å². The number of hydrogen-bond acceptors (Lipinski definition) is 5. The second-order valence-electron chi connectivity index (χ2n) is 5.71. The van der Waals surface area contributed by atoms with Crippen molar-refractivity contribution in [3.8, 4) is 5.88 Å². The number of nitrogens with zero attached hydrogens (tertiary/aromatic N) is 4.